The molecule has 0 unspecified atom stereocenters. The van der Waals surface area contributed by atoms with Crippen LogP contribution in [0.25, 0.3) is 0 Å². The largest absolute Gasteiger partial charge is 0.466 e. The smallest absolute Gasteiger partial charge is 0.411 e. The van der Waals surface area contributed by atoms with Crippen LogP contribution in [0.4, 0.5) is 16.2 Å². The molecule has 1 amide bonds. The number of carbonyl (C=O) groups is 3. The van der Waals surface area contributed by atoms with Crippen LogP contribution >= 0.6 is 0 Å². The fourth-order valence-corrected chi connectivity index (χ4v) is 1.51. The van der Waals surface area contributed by atoms with Crippen LogP contribution in [0.5, 0.6) is 0 Å². The third-order valence-corrected chi connectivity index (χ3v) is 2.55. The lowest BCUT2D eigenvalue weighted by Gasteiger charge is -2.10. The van der Waals surface area contributed by atoms with E-state index in [1.165, 1.54) is 14.2 Å². The molecule has 0 aromatic heterocycles. The predicted octanol–water partition coefficient (Wildman–Crippen LogP) is 1.90. The molecule has 0 radical (unpaired) electrons. The maximum absolute atomic E-state index is 11.6. The Kier molecular flexibility index (Phi) is 7.12. The molecule has 0 aliphatic rings. The number of carbonyl (C=O) groups excluding carboxylic acids is 3. The lowest BCUT2D eigenvalue weighted by Crippen LogP contribution is -2.15. The van der Waals surface area contributed by atoms with E-state index in [1.807, 2.05) is 0 Å². The van der Waals surface area contributed by atoms with Gasteiger partial charge in [-0.2, -0.15) is 0 Å². The van der Waals surface area contributed by atoms with Crippen LogP contribution in [0.3, 0.4) is 0 Å². The van der Waals surface area contributed by atoms with Crippen LogP contribution in [0.15, 0.2) is 36.0 Å². The summed E-state index contributed by atoms with van der Waals surface area (Å²) in [6.45, 7) is 1.97. The molecular formula is C15H18N2O6. The van der Waals surface area contributed by atoms with E-state index in [2.05, 4.69) is 20.1 Å². The molecule has 0 spiro atoms. The van der Waals surface area contributed by atoms with E-state index in [9.17, 15) is 14.4 Å². The van der Waals surface area contributed by atoms with Gasteiger partial charge in [0.15, 0.2) is 0 Å². The summed E-state index contributed by atoms with van der Waals surface area (Å²) in [5.41, 5.74) is 0.955. The minimum Gasteiger partial charge on any atom is -0.466 e. The van der Waals surface area contributed by atoms with Gasteiger partial charge in [0.2, 0.25) is 0 Å². The van der Waals surface area contributed by atoms with Crippen molar-refractivity contribution in [3.8, 4) is 0 Å². The van der Waals surface area contributed by atoms with Gasteiger partial charge >= 0.3 is 18.0 Å². The topological polar surface area (TPSA) is 103 Å². The Balaban J connectivity index is 2.81. The molecule has 2 N–H and O–H groups in total. The summed E-state index contributed by atoms with van der Waals surface area (Å²) in [7, 11) is 2.39. The second-order valence-corrected chi connectivity index (χ2v) is 4.12. The number of methoxy groups -OCH3 is 2. The highest BCUT2D eigenvalue weighted by atomic mass is 16.5. The van der Waals surface area contributed by atoms with Gasteiger partial charge in [0.25, 0.3) is 0 Å². The van der Waals surface area contributed by atoms with E-state index in [4.69, 9.17) is 4.74 Å². The van der Waals surface area contributed by atoms with Crippen molar-refractivity contribution < 1.29 is 28.6 Å². The zero-order valence-electron chi connectivity index (χ0n) is 13.0. The molecular weight excluding hydrogens is 304 g/mol. The quantitative estimate of drug-likeness (QED) is 0.468. The number of benzene rings is 1. The first kappa shape index (κ1) is 18.0. The highest BCUT2D eigenvalue weighted by molar-refractivity contribution is 5.98. The molecule has 0 heterocycles. The second kappa shape index (κ2) is 9.08. The van der Waals surface area contributed by atoms with Gasteiger partial charge in [-0.1, -0.05) is 0 Å². The van der Waals surface area contributed by atoms with Crippen molar-refractivity contribution in [2.24, 2.45) is 0 Å². The summed E-state index contributed by atoms with van der Waals surface area (Å²) in [6, 6.07) is 6.42. The average Bonchev–Trinajstić information content (AvgIpc) is 2.55. The van der Waals surface area contributed by atoms with Crippen LogP contribution in [-0.4, -0.2) is 38.9 Å². The van der Waals surface area contributed by atoms with Gasteiger partial charge < -0.3 is 19.5 Å². The van der Waals surface area contributed by atoms with Crippen molar-refractivity contribution in [1.29, 1.82) is 0 Å². The maximum atomic E-state index is 11.6. The van der Waals surface area contributed by atoms with Gasteiger partial charge in [-0.25, -0.2) is 14.4 Å². The van der Waals surface area contributed by atoms with E-state index in [0.29, 0.717) is 11.4 Å². The van der Waals surface area contributed by atoms with Gasteiger partial charge in [-0.05, 0) is 31.2 Å². The molecule has 1 rings (SSSR count). The Hall–Kier alpha value is -3.03. The Morgan fingerprint density at radius 3 is 2.04 bits per heavy atom. The molecule has 8 nitrogen and oxygen atoms in total. The number of amides is 1. The minimum absolute atomic E-state index is 0.0783. The lowest BCUT2D eigenvalue weighted by molar-refractivity contribution is -0.138. The maximum Gasteiger partial charge on any atom is 0.411 e. The Morgan fingerprint density at radius 2 is 1.57 bits per heavy atom. The van der Waals surface area contributed by atoms with E-state index in [1.54, 1.807) is 31.2 Å². The first-order valence-electron chi connectivity index (χ1n) is 6.69. The molecule has 0 bridgehead atoms. The summed E-state index contributed by atoms with van der Waals surface area (Å²) < 4.78 is 13.8. The molecule has 0 aliphatic heterocycles. The van der Waals surface area contributed by atoms with Crippen LogP contribution in [0.2, 0.25) is 0 Å². The normalized spacial score (nSPS) is 10.5. The molecule has 23 heavy (non-hydrogen) atoms. The Morgan fingerprint density at radius 1 is 1.00 bits per heavy atom. The van der Waals surface area contributed by atoms with Crippen molar-refractivity contribution in [3.05, 3.63) is 36.0 Å². The summed E-state index contributed by atoms with van der Waals surface area (Å²) in [4.78, 5) is 34.2. The van der Waals surface area contributed by atoms with Crippen LogP contribution in [0, 0.1) is 0 Å². The third kappa shape index (κ3) is 6.08. The molecule has 124 valence electrons. The molecule has 0 saturated heterocycles. The van der Waals surface area contributed by atoms with Crippen LogP contribution in [0.1, 0.15) is 6.92 Å². The number of anilines is 2. The molecule has 0 saturated carbocycles. The molecule has 8 heteroatoms. The van der Waals surface area contributed by atoms with Crippen molar-refractivity contribution >= 4 is 29.4 Å². The molecule has 1 aromatic carbocycles. The number of hydrogen-bond donors (Lipinski definition) is 2. The van der Waals surface area contributed by atoms with Gasteiger partial charge in [0.1, 0.15) is 5.70 Å². The fourth-order valence-electron chi connectivity index (χ4n) is 1.51. The zero-order valence-corrected chi connectivity index (χ0v) is 13.0. The van der Waals surface area contributed by atoms with Gasteiger partial charge in [0.05, 0.1) is 26.9 Å². The number of nitrogens with one attached hydrogen (secondary N) is 2. The third-order valence-electron chi connectivity index (χ3n) is 2.55. The van der Waals surface area contributed by atoms with Gasteiger partial charge in [-0.15, -0.1) is 0 Å². The first-order chi connectivity index (χ1) is 11.0. The molecule has 0 aliphatic carbocycles. The second-order valence-electron chi connectivity index (χ2n) is 4.12. The Labute approximate surface area is 133 Å². The summed E-state index contributed by atoms with van der Waals surface area (Å²) in [5, 5.41) is 5.27. The van der Waals surface area contributed by atoms with Gasteiger partial charge in [-0.3, -0.25) is 5.32 Å². The summed E-state index contributed by atoms with van der Waals surface area (Å²) >= 11 is 0. The van der Waals surface area contributed by atoms with Crippen molar-refractivity contribution in [2.45, 2.75) is 6.92 Å². The standard InChI is InChI=1S/C15H18N2O6/c1-4-23-15(20)17-11-7-5-10(6-8-11)16-12(14(19)22-3)9-13(18)21-2/h5-9,16H,4H2,1-3H3,(H,17,20)/b12-9+. The summed E-state index contributed by atoms with van der Waals surface area (Å²) in [6.07, 6.45) is 0.422. The van der Waals surface area contributed by atoms with Crippen molar-refractivity contribution in [2.75, 3.05) is 31.5 Å². The molecule has 1 aromatic rings. The van der Waals surface area contributed by atoms with Crippen molar-refractivity contribution in [3.63, 3.8) is 0 Å². The lowest BCUT2D eigenvalue weighted by atomic mass is 10.2. The highest BCUT2D eigenvalue weighted by Gasteiger charge is 2.12. The number of ether oxygens (including phenoxy) is 3. The summed E-state index contributed by atoms with van der Waals surface area (Å²) in [5.74, 6) is -1.41. The van der Waals surface area contributed by atoms with E-state index in [0.717, 1.165) is 6.08 Å². The van der Waals surface area contributed by atoms with E-state index in [-0.39, 0.29) is 12.3 Å². The zero-order chi connectivity index (χ0) is 17.2. The van der Waals surface area contributed by atoms with Crippen LogP contribution in [-0.2, 0) is 23.8 Å². The fraction of sp³-hybridized carbons (Fsp3) is 0.267. The number of esters is 2. The molecule has 0 atom stereocenters. The SMILES string of the molecule is CCOC(=O)Nc1ccc(N/C(=C/C(=O)OC)C(=O)OC)cc1. The first-order valence-corrected chi connectivity index (χ1v) is 6.69. The van der Waals surface area contributed by atoms with Gasteiger partial charge in [0, 0.05) is 11.4 Å². The Bertz CT molecular complexity index is 594. The van der Waals surface area contributed by atoms with Crippen molar-refractivity contribution in [1.82, 2.24) is 0 Å². The predicted molar refractivity (Wildman–Crippen MR) is 82.8 cm³/mol. The average molecular weight is 322 g/mol. The number of hydrogen-bond acceptors (Lipinski definition) is 7. The minimum atomic E-state index is -0.718. The number of rotatable bonds is 6. The molecule has 0 fully saturated rings. The van der Waals surface area contributed by atoms with Crippen LogP contribution < -0.4 is 10.6 Å². The van der Waals surface area contributed by atoms with E-state index < -0.39 is 18.0 Å². The van der Waals surface area contributed by atoms with E-state index >= 15 is 0 Å². The highest BCUT2D eigenvalue weighted by Crippen LogP contribution is 2.16. The monoisotopic (exact) mass is 322 g/mol.